The average Bonchev–Trinajstić information content (AvgIpc) is 1.99. The number of anilines is 1. The van der Waals surface area contributed by atoms with Crippen molar-refractivity contribution in [3.8, 4) is 0 Å². The van der Waals surface area contributed by atoms with Crippen molar-refractivity contribution in [2.24, 2.45) is 0 Å². The van der Waals surface area contributed by atoms with E-state index in [-0.39, 0.29) is 5.91 Å². The zero-order valence-electron chi connectivity index (χ0n) is 9.39. The number of nitrogens with one attached hydrogen (secondary N) is 1. The summed E-state index contributed by atoms with van der Waals surface area (Å²) < 4.78 is -0.577. The molecule has 0 radical (unpaired) electrons. The van der Waals surface area contributed by atoms with Gasteiger partial charge in [0.15, 0.2) is 0 Å². The molecule has 82 valence electrons. The number of halogens is 1. The Kier molecular flexibility index (Phi) is 3.50. The van der Waals surface area contributed by atoms with Gasteiger partial charge in [-0.3, -0.25) is 4.79 Å². The topological polar surface area (TPSA) is 42.0 Å². The zero-order chi connectivity index (χ0) is 11.6. The van der Waals surface area contributed by atoms with Crippen LogP contribution in [0.25, 0.3) is 0 Å². The lowest BCUT2D eigenvalue weighted by atomic mass is 10.2. The molecule has 0 spiro atoms. The fraction of sp³-hybridized carbons (Fsp3) is 0.455. The van der Waals surface area contributed by atoms with Crippen molar-refractivity contribution in [2.45, 2.75) is 32.0 Å². The van der Waals surface area contributed by atoms with Crippen molar-refractivity contribution < 1.29 is 4.79 Å². The molecule has 0 bridgehead atoms. The van der Waals surface area contributed by atoms with Crippen LogP contribution in [0.1, 0.15) is 25.1 Å². The van der Waals surface area contributed by atoms with Crippen molar-refractivity contribution >= 4 is 27.7 Å². The molecule has 4 heteroatoms. The van der Waals surface area contributed by atoms with E-state index in [1.54, 1.807) is 13.8 Å². The molecule has 0 fully saturated rings. The minimum atomic E-state index is -0.577. The molecule has 3 nitrogen and oxygen atoms in total. The summed E-state index contributed by atoms with van der Waals surface area (Å²) in [7, 11) is 0. The number of nitrogens with zero attached hydrogens (tertiary/aromatic N) is 1. The Bertz CT molecular complexity index is 362. The normalized spacial score (nSPS) is 11.3. The van der Waals surface area contributed by atoms with Gasteiger partial charge < -0.3 is 5.32 Å². The van der Waals surface area contributed by atoms with Gasteiger partial charge in [0.25, 0.3) is 0 Å². The third-order valence-electron chi connectivity index (χ3n) is 1.88. The number of pyridine rings is 1. The summed E-state index contributed by atoms with van der Waals surface area (Å²) in [6.45, 7) is 7.47. The molecule has 15 heavy (non-hydrogen) atoms. The summed E-state index contributed by atoms with van der Waals surface area (Å²) in [6.07, 6.45) is 0. The van der Waals surface area contributed by atoms with E-state index in [4.69, 9.17) is 0 Å². The standard InChI is InChI=1S/C11H15BrN2O/c1-7-5-8(2)13-9(6-7)14-10(15)11(3,4)12/h5-6H,1-4H3,(H,13,14,15). The first-order valence-corrected chi connectivity index (χ1v) is 5.54. The fourth-order valence-electron chi connectivity index (χ4n) is 1.17. The number of rotatable bonds is 2. The minimum Gasteiger partial charge on any atom is -0.309 e. The van der Waals surface area contributed by atoms with Gasteiger partial charge in [0, 0.05) is 5.69 Å². The van der Waals surface area contributed by atoms with Crippen LogP contribution in [0.3, 0.4) is 0 Å². The van der Waals surface area contributed by atoms with E-state index in [1.165, 1.54) is 0 Å². The van der Waals surface area contributed by atoms with Crippen LogP contribution in [0.5, 0.6) is 0 Å². The van der Waals surface area contributed by atoms with Gasteiger partial charge in [-0.05, 0) is 45.4 Å². The molecular formula is C11H15BrN2O. The predicted molar refractivity (Wildman–Crippen MR) is 65.3 cm³/mol. The van der Waals surface area contributed by atoms with Crippen molar-refractivity contribution in [1.29, 1.82) is 0 Å². The lowest BCUT2D eigenvalue weighted by Crippen LogP contribution is -2.31. The Morgan fingerprint density at radius 1 is 1.40 bits per heavy atom. The van der Waals surface area contributed by atoms with Crippen molar-refractivity contribution in [1.82, 2.24) is 4.98 Å². The van der Waals surface area contributed by atoms with Crippen LogP contribution >= 0.6 is 15.9 Å². The van der Waals surface area contributed by atoms with Crippen LogP contribution in [0.2, 0.25) is 0 Å². The van der Waals surface area contributed by atoms with Gasteiger partial charge >= 0.3 is 0 Å². The summed E-state index contributed by atoms with van der Waals surface area (Å²) in [5.41, 5.74) is 1.99. The summed E-state index contributed by atoms with van der Waals surface area (Å²) in [4.78, 5) is 15.9. The first-order chi connectivity index (χ1) is 6.79. The number of aromatic nitrogens is 1. The second-order valence-corrected chi connectivity index (χ2v) is 6.08. The number of carbonyl (C=O) groups excluding carboxylic acids is 1. The minimum absolute atomic E-state index is 0.0972. The highest BCUT2D eigenvalue weighted by molar-refractivity contribution is 9.10. The summed E-state index contributed by atoms with van der Waals surface area (Å²) in [6, 6.07) is 3.82. The smallest absolute Gasteiger partial charge is 0.241 e. The summed E-state index contributed by atoms with van der Waals surface area (Å²) in [5, 5.41) is 2.77. The molecule has 0 aliphatic rings. The Balaban J connectivity index is 2.86. The third-order valence-corrected chi connectivity index (χ3v) is 2.24. The van der Waals surface area contributed by atoms with Gasteiger partial charge in [0.05, 0.1) is 4.32 Å². The summed E-state index contributed by atoms with van der Waals surface area (Å²) >= 11 is 3.30. The van der Waals surface area contributed by atoms with Crippen LogP contribution in [-0.2, 0) is 4.79 Å². The molecule has 1 aromatic heterocycles. The fourth-order valence-corrected chi connectivity index (χ4v) is 1.27. The van der Waals surface area contributed by atoms with Crippen LogP contribution in [-0.4, -0.2) is 15.2 Å². The molecule has 0 atom stereocenters. The molecule has 0 saturated heterocycles. The van der Waals surface area contributed by atoms with Gasteiger partial charge in [0.2, 0.25) is 5.91 Å². The molecule has 0 aliphatic carbocycles. The largest absolute Gasteiger partial charge is 0.309 e. The van der Waals surface area contributed by atoms with E-state index in [1.807, 2.05) is 26.0 Å². The van der Waals surface area contributed by atoms with E-state index in [0.29, 0.717) is 5.82 Å². The second-order valence-electron chi connectivity index (χ2n) is 4.10. The number of amides is 1. The second kappa shape index (κ2) is 4.31. The van der Waals surface area contributed by atoms with E-state index in [0.717, 1.165) is 11.3 Å². The average molecular weight is 271 g/mol. The number of alkyl halides is 1. The third kappa shape index (κ3) is 3.63. The lowest BCUT2D eigenvalue weighted by molar-refractivity contribution is -0.117. The highest BCUT2D eigenvalue weighted by Crippen LogP contribution is 2.18. The number of aryl methyl sites for hydroxylation is 2. The maximum absolute atomic E-state index is 11.7. The molecule has 0 unspecified atom stereocenters. The van der Waals surface area contributed by atoms with Crippen LogP contribution < -0.4 is 5.32 Å². The van der Waals surface area contributed by atoms with Crippen molar-refractivity contribution in [2.75, 3.05) is 5.32 Å². The van der Waals surface area contributed by atoms with Gasteiger partial charge in [0.1, 0.15) is 5.82 Å². The number of hydrogen-bond acceptors (Lipinski definition) is 2. The SMILES string of the molecule is Cc1cc(C)nc(NC(=O)C(C)(C)Br)c1. The predicted octanol–water partition coefficient (Wildman–Crippen LogP) is 2.81. The Morgan fingerprint density at radius 2 is 2.00 bits per heavy atom. The highest BCUT2D eigenvalue weighted by Gasteiger charge is 2.23. The number of hydrogen-bond donors (Lipinski definition) is 1. The number of carbonyl (C=O) groups is 1. The zero-order valence-corrected chi connectivity index (χ0v) is 11.0. The van der Waals surface area contributed by atoms with Gasteiger partial charge in [-0.15, -0.1) is 0 Å². The molecule has 0 aliphatic heterocycles. The van der Waals surface area contributed by atoms with Crippen molar-refractivity contribution in [3.05, 3.63) is 23.4 Å². The molecule has 1 amide bonds. The molecule has 1 aromatic rings. The van der Waals surface area contributed by atoms with Crippen molar-refractivity contribution in [3.63, 3.8) is 0 Å². The van der Waals surface area contributed by atoms with E-state index in [2.05, 4.69) is 26.2 Å². The van der Waals surface area contributed by atoms with Crippen LogP contribution in [0, 0.1) is 13.8 Å². The molecule has 1 heterocycles. The highest BCUT2D eigenvalue weighted by atomic mass is 79.9. The maximum atomic E-state index is 11.7. The van der Waals surface area contributed by atoms with E-state index >= 15 is 0 Å². The maximum Gasteiger partial charge on any atom is 0.241 e. The molecular weight excluding hydrogens is 256 g/mol. The van der Waals surface area contributed by atoms with E-state index < -0.39 is 4.32 Å². The quantitative estimate of drug-likeness (QED) is 0.840. The summed E-state index contributed by atoms with van der Waals surface area (Å²) in [5.74, 6) is 0.505. The Labute approximate surface area is 98.4 Å². The molecule has 0 aromatic carbocycles. The molecule has 1 rings (SSSR count). The van der Waals surface area contributed by atoms with Gasteiger partial charge in [-0.2, -0.15) is 0 Å². The lowest BCUT2D eigenvalue weighted by Gasteiger charge is -2.15. The molecule has 0 saturated carbocycles. The Morgan fingerprint density at radius 3 is 2.47 bits per heavy atom. The van der Waals surface area contributed by atoms with E-state index in [9.17, 15) is 4.79 Å². The van der Waals surface area contributed by atoms with Gasteiger partial charge in [-0.25, -0.2) is 4.98 Å². The first-order valence-electron chi connectivity index (χ1n) is 4.75. The first kappa shape index (κ1) is 12.2. The Hall–Kier alpha value is -0.900. The monoisotopic (exact) mass is 270 g/mol. The van der Waals surface area contributed by atoms with Crippen LogP contribution in [0.4, 0.5) is 5.82 Å². The molecule has 1 N–H and O–H groups in total. The van der Waals surface area contributed by atoms with Gasteiger partial charge in [-0.1, -0.05) is 15.9 Å². The van der Waals surface area contributed by atoms with Crippen LogP contribution in [0.15, 0.2) is 12.1 Å².